The van der Waals surface area contributed by atoms with Gasteiger partial charge in [-0.25, -0.2) is 9.97 Å². The number of nitrogens with zero attached hydrogens (tertiary/aromatic N) is 2. The van der Waals surface area contributed by atoms with E-state index in [2.05, 4.69) is 15.3 Å². The lowest BCUT2D eigenvalue weighted by atomic mass is 10.3. The van der Waals surface area contributed by atoms with Crippen molar-refractivity contribution in [1.82, 2.24) is 15.3 Å². The van der Waals surface area contributed by atoms with E-state index in [-0.39, 0.29) is 24.8 Å². The lowest BCUT2D eigenvalue weighted by Gasteiger charge is -1.94. The second-order valence-electron chi connectivity index (χ2n) is 2.30. The molecule has 0 saturated carbocycles. The van der Waals surface area contributed by atoms with Crippen LogP contribution in [-0.4, -0.2) is 9.97 Å². The van der Waals surface area contributed by atoms with Crippen molar-refractivity contribution in [3.05, 3.63) is 17.5 Å². The summed E-state index contributed by atoms with van der Waals surface area (Å²) in [4.78, 5) is 7.94. The molecule has 3 N–H and O–H groups in total. The highest BCUT2D eigenvalue weighted by atomic mass is 35.5. The molecule has 4 nitrogen and oxygen atoms in total. The molecule has 0 fully saturated rings. The Kier molecular flexibility index (Phi) is 4.23. The lowest BCUT2D eigenvalue weighted by Crippen LogP contribution is -2.01. The van der Waals surface area contributed by atoms with E-state index < -0.39 is 0 Å². The summed E-state index contributed by atoms with van der Waals surface area (Å²) >= 11 is 0. The molecule has 0 aromatic carbocycles. The molecular weight excluding hydrogens is 199 g/mol. The van der Waals surface area contributed by atoms with Crippen molar-refractivity contribution in [3.8, 4) is 0 Å². The first-order valence-electron chi connectivity index (χ1n) is 3.17. The summed E-state index contributed by atoms with van der Waals surface area (Å²) in [5, 5.41) is 3.16. The minimum Gasteiger partial charge on any atom is -0.368 e. The number of halogens is 2. The van der Waals surface area contributed by atoms with E-state index in [0.29, 0.717) is 5.95 Å². The molecule has 0 aliphatic carbocycles. The third-order valence-electron chi connectivity index (χ3n) is 1.58. The van der Waals surface area contributed by atoms with Crippen LogP contribution in [0.2, 0.25) is 0 Å². The zero-order valence-electron chi connectivity index (χ0n) is 6.28. The van der Waals surface area contributed by atoms with Crippen LogP contribution in [0.4, 0.5) is 5.95 Å². The summed E-state index contributed by atoms with van der Waals surface area (Å²) in [5.41, 5.74) is 7.58. The van der Waals surface area contributed by atoms with Crippen molar-refractivity contribution in [2.75, 3.05) is 5.73 Å². The Hall–Kier alpha value is -0.580. The monoisotopic (exact) mass is 208 g/mol. The molecule has 12 heavy (non-hydrogen) atoms. The zero-order valence-corrected chi connectivity index (χ0v) is 7.91. The third kappa shape index (κ3) is 1.97. The highest BCUT2D eigenvalue weighted by Gasteiger charge is 2.10. The zero-order chi connectivity index (χ0) is 6.97. The highest BCUT2D eigenvalue weighted by Crippen LogP contribution is 2.11. The molecule has 1 aromatic rings. The Balaban J connectivity index is 0.000000605. The van der Waals surface area contributed by atoms with Gasteiger partial charge in [0.15, 0.2) is 0 Å². The Morgan fingerprint density at radius 3 is 2.83 bits per heavy atom. The molecular formula is C6H10Cl2N4. The lowest BCUT2D eigenvalue weighted by molar-refractivity contribution is 0.758. The fourth-order valence-electron chi connectivity index (χ4n) is 1.07. The molecule has 0 unspecified atom stereocenters. The van der Waals surface area contributed by atoms with Crippen LogP contribution in [0.25, 0.3) is 0 Å². The highest BCUT2D eigenvalue weighted by molar-refractivity contribution is 5.85. The van der Waals surface area contributed by atoms with Gasteiger partial charge < -0.3 is 11.1 Å². The van der Waals surface area contributed by atoms with Crippen molar-refractivity contribution >= 4 is 30.8 Å². The Labute approximate surface area is 82.8 Å². The molecule has 0 spiro atoms. The summed E-state index contributed by atoms with van der Waals surface area (Å²) < 4.78 is 0. The number of aromatic nitrogens is 2. The maximum atomic E-state index is 5.38. The largest absolute Gasteiger partial charge is 0.368 e. The van der Waals surface area contributed by atoms with Gasteiger partial charge in [-0.1, -0.05) is 0 Å². The topological polar surface area (TPSA) is 63.8 Å². The number of anilines is 1. The minimum absolute atomic E-state index is 0. The quantitative estimate of drug-likeness (QED) is 0.653. The van der Waals surface area contributed by atoms with Crippen LogP contribution in [0.15, 0.2) is 6.20 Å². The summed E-state index contributed by atoms with van der Waals surface area (Å²) in [6.07, 6.45) is 1.78. The van der Waals surface area contributed by atoms with Crippen molar-refractivity contribution in [2.45, 2.75) is 13.1 Å². The number of nitrogen functional groups attached to an aromatic ring is 1. The van der Waals surface area contributed by atoms with Crippen LogP contribution in [0, 0.1) is 0 Å². The average Bonchev–Trinajstić information content (AvgIpc) is 2.33. The number of hydrogen-bond donors (Lipinski definition) is 2. The fourth-order valence-corrected chi connectivity index (χ4v) is 1.07. The van der Waals surface area contributed by atoms with E-state index in [4.69, 9.17) is 5.73 Å². The van der Waals surface area contributed by atoms with Crippen LogP contribution < -0.4 is 11.1 Å². The van der Waals surface area contributed by atoms with Gasteiger partial charge in [-0.2, -0.15) is 0 Å². The van der Waals surface area contributed by atoms with Gasteiger partial charge in [-0.15, -0.1) is 24.8 Å². The van der Waals surface area contributed by atoms with E-state index in [9.17, 15) is 0 Å². The minimum atomic E-state index is 0. The second-order valence-corrected chi connectivity index (χ2v) is 2.30. The van der Waals surface area contributed by atoms with Crippen molar-refractivity contribution in [3.63, 3.8) is 0 Å². The van der Waals surface area contributed by atoms with Crippen LogP contribution in [0.3, 0.4) is 0 Å². The summed E-state index contributed by atoms with van der Waals surface area (Å²) in [6.45, 7) is 1.69. The van der Waals surface area contributed by atoms with E-state index in [1.165, 1.54) is 0 Å². The van der Waals surface area contributed by atoms with Crippen LogP contribution >= 0.6 is 24.8 Å². The van der Waals surface area contributed by atoms with E-state index >= 15 is 0 Å². The number of nitrogens with two attached hydrogens (primary N) is 1. The van der Waals surface area contributed by atoms with Gasteiger partial charge in [-0.3, -0.25) is 0 Å². The molecule has 0 bridgehead atoms. The van der Waals surface area contributed by atoms with Crippen molar-refractivity contribution in [1.29, 1.82) is 0 Å². The normalized spacial score (nSPS) is 12.7. The molecule has 2 heterocycles. The molecule has 0 atom stereocenters. The Morgan fingerprint density at radius 2 is 2.08 bits per heavy atom. The molecule has 0 radical (unpaired) electrons. The Morgan fingerprint density at radius 1 is 1.33 bits per heavy atom. The van der Waals surface area contributed by atoms with Gasteiger partial charge in [0.2, 0.25) is 5.95 Å². The SMILES string of the molecule is Cl.Cl.Nc1ncc2c(n1)CNC2. The van der Waals surface area contributed by atoms with Gasteiger partial charge in [0.1, 0.15) is 0 Å². The van der Waals surface area contributed by atoms with Crippen LogP contribution in [-0.2, 0) is 13.1 Å². The van der Waals surface area contributed by atoms with Crippen molar-refractivity contribution < 1.29 is 0 Å². The van der Waals surface area contributed by atoms with E-state index in [1.54, 1.807) is 6.20 Å². The fraction of sp³-hybridized carbons (Fsp3) is 0.333. The van der Waals surface area contributed by atoms with Gasteiger partial charge in [-0.05, 0) is 0 Å². The van der Waals surface area contributed by atoms with Gasteiger partial charge >= 0.3 is 0 Å². The molecule has 68 valence electrons. The molecule has 6 heteroatoms. The van der Waals surface area contributed by atoms with Gasteiger partial charge in [0.05, 0.1) is 5.69 Å². The van der Waals surface area contributed by atoms with Crippen LogP contribution in [0.1, 0.15) is 11.3 Å². The molecule has 0 saturated heterocycles. The number of fused-ring (bicyclic) bond motifs is 1. The van der Waals surface area contributed by atoms with E-state index in [1.807, 2.05) is 0 Å². The molecule has 1 aliphatic heterocycles. The molecule has 1 aromatic heterocycles. The summed E-state index contributed by atoms with van der Waals surface area (Å²) in [5.74, 6) is 0.363. The van der Waals surface area contributed by atoms with Gasteiger partial charge in [0, 0.05) is 24.8 Å². The van der Waals surface area contributed by atoms with Gasteiger partial charge in [0.25, 0.3) is 0 Å². The van der Waals surface area contributed by atoms with Crippen LogP contribution in [0.5, 0.6) is 0 Å². The summed E-state index contributed by atoms with van der Waals surface area (Å²) in [7, 11) is 0. The van der Waals surface area contributed by atoms with Crippen molar-refractivity contribution in [2.24, 2.45) is 0 Å². The first-order chi connectivity index (χ1) is 4.86. The second kappa shape index (κ2) is 4.45. The summed E-state index contributed by atoms with van der Waals surface area (Å²) in [6, 6.07) is 0. The number of rotatable bonds is 0. The predicted octanol–water partition coefficient (Wildman–Crippen LogP) is 0.506. The van der Waals surface area contributed by atoms with E-state index in [0.717, 1.165) is 24.3 Å². The molecule has 0 amide bonds. The molecule has 2 rings (SSSR count). The smallest absolute Gasteiger partial charge is 0.220 e. The first-order valence-corrected chi connectivity index (χ1v) is 3.17. The predicted molar refractivity (Wildman–Crippen MR) is 51.5 cm³/mol. The Bertz CT molecular complexity index is 266. The standard InChI is InChI=1S/C6H8N4.2ClH/c7-6-9-2-4-1-8-3-5(4)10-6;;/h2,8H,1,3H2,(H2,7,9,10);2*1H. The number of nitrogens with one attached hydrogen (secondary N) is 1. The maximum Gasteiger partial charge on any atom is 0.220 e. The first kappa shape index (κ1) is 11.4. The maximum absolute atomic E-state index is 5.38. The average molecular weight is 209 g/mol. The molecule has 1 aliphatic rings. The third-order valence-corrected chi connectivity index (χ3v) is 1.58. The number of hydrogen-bond acceptors (Lipinski definition) is 4.